The minimum atomic E-state index is -0.823. The molecule has 6 heteroatoms. The summed E-state index contributed by atoms with van der Waals surface area (Å²) in [6.45, 7) is 3.69. The Kier molecular flexibility index (Phi) is 9.60. The van der Waals surface area contributed by atoms with E-state index in [2.05, 4.69) is 11.3 Å². The van der Waals surface area contributed by atoms with Crippen molar-refractivity contribution < 1.29 is 23.9 Å². The van der Waals surface area contributed by atoms with Crippen LogP contribution in [0.2, 0.25) is 0 Å². The number of carbonyl (C=O) groups excluding carboxylic acids is 1. The zero-order valence-corrected chi connectivity index (χ0v) is 9.24. The third-order valence-electron chi connectivity index (χ3n) is 1.42. The van der Waals surface area contributed by atoms with Crippen LogP contribution in [0.4, 0.5) is 0 Å². The number of ether oxygens (including phenoxy) is 2. The summed E-state index contributed by atoms with van der Waals surface area (Å²) in [6, 6.07) is 0. The fourth-order valence-electron chi connectivity index (χ4n) is 0.730. The van der Waals surface area contributed by atoms with Gasteiger partial charge in [0, 0.05) is 18.4 Å². The largest absolute Gasteiger partial charge is 0.460 e. The molecule has 0 saturated heterocycles. The van der Waals surface area contributed by atoms with E-state index in [-0.39, 0.29) is 13.2 Å². The van der Waals surface area contributed by atoms with Gasteiger partial charge in [0.1, 0.15) is 12.7 Å². The van der Waals surface area contributed by atoms with Crippen LogP contribution in [0.15, 0.2) is 12.7 Å². The van der Waals surface area contributed by atoms with Gasteiger partial charge >= 0.3 is 5.97 Å². The predicted molar refractivity (Wildman–Crippen MR) is 57.7 cm³/mol. The quantitative estimate of drug-likeness (QED) is 0.265. The van der Waals surface area contributed by atoms with Gasteiger partial charge in [-0.15, -0.1) is 0 Å². The van der Waals surface area contributed by atoms with E-state index in [1.165, 1.54) is 0 Å². The lowest BCUT2D eigenvalue weighted by molar-refractivity contribution is -0.141. The summed E-state index contributed by atoms with van der Waals surface area (Å²) in [6.07, 6.45) is 0.919. The summed E-state index contributed by atoms with van der Waals surface area (Å²) in [7, 11) is 0. The first kappa shape index (κ1) is 14.4. The topological polar surface area (TPSA) is 76.0 Å². The summed E-state index contributed by atoms with van der Waals surface area (Å²) < 4.78 is 18.1. The monoisotopic (exact) mass is 236 g/mol. The summed E-state index contributed by atoms with van der Waals surface area (Å²) in [4.78, 5) is 10.6. The summed E-state index contributed by atoms with van der Waals surface area (Å²) in [5.41, 5.74) is 0. The minimum absolute atomic E-state index is 0.0976. The van der Waals surface area contributed by atoms with Crippen LogP contribution in [-0.2, 0) is 14.3 Å². The fourth-order valence-corrected chi connectivity index (χ4v) is 0.977. The van der Waals surface area contributed by atoms with Crippen molar-refractivity contribution >= 4 is 18.0 Å². The molecule has 0 rings (SSSR count). The van der Waals surface area contributed by atoms with Crippen LogP contribution >= 0.6 is 12.0 Å². The maximum absolute atomic E-state index is 10.6. The molecule has 1 atom stereocenters. The van der Waals surface area contributed by atoms with Crippen molar-refractivity contribution in [3.8, 4) is 0 Å². The second-order valence-electron chi connectivity index (χ2n) is 2.75. The molecule has 0 saturated carbocycles. The Labute approximate surface area is 93.3 Å². The first-order valence-electron chi connectivity index (χ1n) is 4.52. The lowest BCUT2D eigenvalue weighted by Gasteiger charge is -2.10. The molecule has 0 bridgehead atoms. The fraction of sp³-hybridized carbons (Fsp3) is 0.667. The van der Waals surface area contributed by atoms with Gasteiger partial charge in [0.25, 0.3) is 0 Å². The van der Waals surface area contributed by atoms with Crippen LogP contribution in [-0.4, -0.2) is 47.3 Å². The first-order chi connectivity index (χ1) is 7.20. The Morgan fingerprint density at radius 3 is 2.87 bits per heavy atom. The number of carbonyl (C=O) groups is 1. The second-order valence-corrected chi connectivity index (χ2v) is 3.42. The second kappa shape index (κ2) is 9.97. The van der Waals surface area contributed by atoms with E-state index in [1.54, 1.807) is 0 Å². The Bertz CT molecular complexity index is 185. The van der Waals surface area contributed by atoms with Crippen molar-refractivity contribution in [2.75, 3.05) is 25.6 Å². The average molecular weight is 236 g/mol. The third kappa shape index (κ3) is 9.74. The smallest absolute Gasteiger partial charge is 0.330 e. The van der Waals surface area contributed by atoms with Gasteiger partial charge in [-0.3, -0.25) is 0 Å². The molecule has 5 nitrogen and oxygen atoms in total. The van der Waals surface area contributed by atoms with Gasteiger partial charge in [0.05, 0.1) is 6.61 Å². The highest BCUT2D eigenvalue weighted by atomic mass is 32.2. The normalized spacial score (nSPS) is 12.1. The molecule has 0 aliphatic rings. The number of hydrogen-bond acceptors (Lipinski definition) is 6. The van der Waals surface area contributed by atoms with Gasteiger partial charge in [-0.25, -0.2) is 4.79 Å². The molecule has 0 amide bonds. The van der Waals surface area contributed by atoms with Gasteiger partial charge in [-0.2, -0.15) is 0 Å². The third-order valence-corrected chi connectivity index (χ3v) is 1.89. The molecule has 0 aliphatic carbocycles. The van der Waals surface area contributed by atoms with E-state index in [4.69, 9.17) is 9.29 Å². The van der Waals surface area contributed by atoms with Gasteiger partial charge < -0.3 is 19.1 Å². The maximum Gasteiger partial charge on any atom is 0.330 e. The molecule has 0 radical (unpaired) electrons. The zero-order valence-electron chi connectivity index (χ0n) is 8.42. The molecule has 0 aliphatic heterocycles. The number of hydrogen-bond donors (Lipinski definition) is 2. The standard InChI is InChI=1S/C9H16O5S/c1-2-9(11)14-7-8(10)6-13-4-3-5-15-12/h2,8,10,12H,1,3-7H2. The lowest BCUT2D eigenvalue weighted by atomic mass is 10.4. The van der Waals surface area contributed by atoms with Crippen LogP contribution in [0.5, 0.6) is 0 Å². The Morgan fingerprint density at radius 1 is 1.53 bits per heavy atom. The molecule has 0 spiro atoms. The highest BCUT2D eigenvalue weighted by molar-refractivity contribution is 7.93. The average Bonchev–Trinajstić information content (AvgIpc) is 2.25. The van der Waals surface area contributed by atoms with Crippen LogP contribution < -0.4 is 0 Å². The molecule has 1 unspecified atom stereocenters. The Balaban J connectivity index is 3.29. The summed E-state index contributed by atoms with van der Waals surface area (Å²) in [5.74, 6) is 0.0346. The van der Waals surface area contributed by atoms with Crippen LogP contribution in [0.3, 0.4) is 0 Å². The zero-order chi connectivity index (χ0) is 11.5. The number of esters is 1. The van der Waals surface area contributed by atoms with E-state index in [0.29, 0.717) is 18.8 Å². The highest BCUT2D eigenvalue weighted by Gasteiger charge is 2.06. The Hall–Kier alpha value is -0.560. The minimum Gasteiger partial charge on any atom is -0.460 e. The van der Waals surface area contributed by atoms with Crippen molar-refractivity contribution in [3.05, 3.63) is 12.7 Å². The van der Waals surface area contributed by atoms with Gasteiger partial charge in [0.2, 0.25) is 0 Å². The van der Waals surface area contributed by atoms with E-state index in [0.717, 1.165) is 18.1 Å². The molecule has 0 aromatic heterocycles. The lowest BCUT2D eigenvalue weighted by Crippen LogP contribution is -2.23. The Morgan fingerprint density at radius 2 is 2.27 bits per heavy atom. The van der Waals surface area contributed by atoms with E-state index in [1.807, 2.05) is 0 Å². The number of aliphatic hydroxyl groups excluding tert-OH is 1. The van der Waals surface area contributed by atoms with E-state index < -0.39 is 12.1 Å². The SMILES string of the molecule is C=CC(=O)OCC(O)COCCCSO. The molecule has 0 heterocycles. The summed E-state index contributed by atoms with van der Waals surface area (Å²) >= 11 is 0.755. The molecule has 15 heavy (non-hydrogen) atoms. The predicted octanol–water partition coefficient (Wildman–Crippen LogP) is 0.689. The van der Waals surface area contributed by atoms with E-state index in [9.17, 15) is 9.90 Å². The van der Waals surface area contributed by atoms with Crippen molar-refractivity contribution in [3.63, 3.8) is 0 Å². The van der Waals surface area contributed by atoms with Crippen LogP contribution in [0, 0.1) is 0 Å². The van der Waals surface area contributed by atoms with Gasteiger partial charge in [0.15, 0.2) is 0 Å². The van der Waals surface area contributed by atoms with E-state index >= 15 is 0 Å². The molecule has 88 valence electrons. The van der Waals surface area contributed by atoms with Crippen molar-refractivity contribution in [2.24, 2.45) is 0 Å². The van der Waals surface area contributed by atoms with Crippen molar-refractivity contribution in [1.82, 2.24) is 0 Å². The highest BCUT2D eigenvalue weighted by Crippen LogP contribution is 1.96. The summed E-state index contributed by atoms with van der Waals surface area (Å²) in [5, 5.41) is 9.26. The van der Waals surface area contributed by atoms with Gasteiger partial charge in [-0.1, -0.05) is 6.58 Å². The van der Waals surface area contributed by atoms with Crippen molar-refractivity contribution in [1.29, 1.82) is 0 Å². The molecular formula is C9H16O5S. The number of rotatable bonds is 9. The molecular weight excluding hydrogens is 220 g/mol. The molecule has 0 fully saturated rings. The van der Waals surface area contributed by atoms with Gasteiger partial charge in [-0.05, 0) is 18.5 Å². The van der Waals surface area contributed by atoms with Crippen LogP contribution in [0.25, 0.3) is 0 Å². The van der Waals surface area contributed by atoms with Crippen LogP contribution in [0.1, 0.15) is 6.42 Å². The molecule has 0 aromatic rings. The first-order valence-corrected chi connectivity index (χ1v) is 5.46. The molecule has 0 aromatic carbocycles. The maximum atomic E-state index is 10.6. The molecule has 2 N–H and O–H groups in total. The van der Waals surface area contributed by atoms with Crippen molar-refractivity contribution in [2.45, 2.75) is 12.5 Å². The number of aliphatic hydroxyl groups is 1.